The molecule has 0 aromatic rings. The first kappa shape index (κ1) is 16.6. The molecular formula is C9H14CaO4. The van der Waals surface area contributed by atoms with Crippen LogP contribution >= 0.6 is 0 Å². The Labute approximate surface area is 114 Å². The van der Waals surface area contributed by atoms with E-state index in [1.54, 1.807) is 0 Å². The van der Waals surface area contributed by atoms with Gasteiger partial charge in [-0.2, -0.15) is 0 Å². The van der Waals surface area contributed by atoms with E-state index in [9.17, 15) is 19.8 Å². The van der Waals surface area contributed by atoms with Crippen LogP contribution in [0.3, 0.4) is 0 Å². The maximum absolute atomic E-state index is 10.4. The Morgan fingerprint density at radius 3 is 2.14 bits per heavy atom. The minimum Gasteiger partial charge on any atom is -0.550 e. The molecule has 0 amide bonds. The van der Waals surface area contributed by atoms with E-state index in [-0.39, 0.29) is 37.7 Å². The SMILES string of the molecule is CCCCCC(CC(=O)[O-])C(=O)[O-].[Ca+2]. The zero-order chi connectivity index (χ0) is 10.3. The van der Waals surface area contributed by atoms with Gasteiger partial charge in [0, 0.05) is 17.9 Å². The average Bonchev–Trinajstić information content (AvgIpc) is 2.02. The second-order valence-electron chi connectivity index (χ2n) is 3.09. The summed E-state index contributed by atoms with van der Waals surface area (Å²) in [5, 5.41) is 20.6. The summed E-state index contributed by atoms with van der Waals surface area (Å²) in [5.74, 6) is -3.51. The fourth-order valence-corrected chi connectivity index (χ4v) is 1.15. The third-order valence-corrected chi connectivity index (χ3v) is 1.90. The van der Waals surface area contributed by atoms with E-state index in [1.807, 2.05) is 6.92 Å². The Morgan fingerprint density at radius 2 is 1.79 bits per heavy atom. The van der Waals surface area contributed by atoms with Crippen molar-refractivity contribution < 1.29 is 19.8 Å². The average molecular weight is 226 g/mol. The zero-order valence-corrected chi connectivity index (χ0v) is 10.7. The van der Waals surface area contributed by atoms with E-state index < -0.39 is 24.3 Å². The topological polar surface area (TPSA) is 80.3 Å². The van der Waals surface area contributed by atoms with Gasteiger partial charge in [0.2, 0.25) is 0 Å². The number of hydrogen-bond donors (Lipinski definition) is 0. The quantitative estimate of drug-likeness (QED) is 0.399. The molecule has 1 unspecified atom stereocenters. The Bertz CT molecular complexity index is 182. The molecule has 0 aromatic heterocycles. The molecule has 1 atom stereocenters. The van der Waals surface area contributed by atoms with Crippen LogP contribution in [0.2, 0.25) is 0 Å². The number of carbonyl (C=O) groups is 2. The van der Waals surface area contributed by atoms with Crippen LogP contribution in [-0.2, 0) is 9.59 Å². The fourth-order valence-electron chi connectivity index (χ4n) is 1.15. The van der Waals surface area contributed by atoms with Crippen LogP contribution in [0.4, 0.5) is 0 Å². The van der Waals surface area contributed by atoms with Gasteiger partial charge in [-0.1, -0.05) is 26.2 Å². The molecular weight excluding hydrogens is 212 g/mol. The molecule has 0 aliphatic rings. The van der Waals surface area contributed by atoms with Gasteiger partial charge in [0.05, 0.1) is 0 Å². The molecule has 76 valence electrons. The van der Waals surface area contributed by atoms with Crippen molar-refractivity contribution in [1.29, 1.82) is 0 Å². The molecule has 0 heterocycles. The smallest absolute Gasteiger partial charge is 0.550 e. The molecule has 5 heteroatoms. The van der Waals surface area contributed by atoms with Gasteiger partial charge >= 0.3 is 37.7 Å². The van der Waals surface area contributed by atoms with E-state index >= 15 is 0 Å². The van der Waals surface area contributed by atoms with Gasteiger partial charge in [-0.05, 0) is 12.8 Å². The second kappa shape index (κ2) is 9.74. The molecule has 0 aliphatic carbocycles. The molecule has 0 radical (unpaired) electrons. The summed E-state index contributed by atoms with van der Waals surface area (Å²) in [5.41, 5.74) is 0. The van der Waals surface area contributed by atoms with Gasteiger partial charge in [-0.15, -0.1) is 0 Å². The third-order valence-electron chi connectivity index (χ3n) is 1.90. The predicted octanol–water partition coefficient (Wildman–Crippen LogP) is -1.31. The molecule has 0 aliphatic heterocycles. The Morgan fingerprint density at radius 1 is 1.21 bits per heavy atom. The van der Waals surface area contributed by atoms with Crippen molar-refractivity contribution in [2.45, 2.75) is 39.0 Å². The number of carboxylic acids is 2. The molecule has 0 saturated carbocycles. The van der Waals surface area contributed by atoms with Crippen LogP contribution < -0.4 is 10.2 Å². The molecule has 14 heavy (non-hydrogen) atoms. The Balaban J connectivity index is 0. The van der Waals surface area contributed by atoms with E-state index in [0.717, 1.165) is 19.3 Å². The molecule has 0 saturated heterocycles. The number of carbonyl (C=O) groups excluding carboxylic acids is 2. The van der Waals surface area contributed by atoms with Crippen LogP contribution in [0.15, 0.2) is 0 Å². The minimum absolute atomic E-state index is 0. The van der Waals surface area contributed by atoms with Crippen molar-refractivity contribution >= 4 is 49.7 Å². The standard InChI is InChI=1S/C9H16O4.Ca/c1-2-3-4-5-7(9(12)13)6-8(10)11;/h7H,2-6H2,1H3,(H,10,11)(H,12,13);/q;+2/p-2. The largest absolute Gasteiger partial charge is 2.00 e. The summed E-state index contributed by atoms with van der Waals surface area (Å²) in [6.07, 6.45) is 2.54. The number of carboxylic acid groups (broad SMARTS) is 2. The number of rotatable bonds is 7. The molecule has 0 N–H and O–H groups in total. The normalized spacial score (nSPS) is 11.5. The number of hydrogen-bond acceptors (Lipinski definition) is 4. The first-order valence-electron chi connectivity index (χ1n) is 4.48. The Kier molecular flexibility index (Phi) is 11.6. The fraction of sp³-hybridized carbons (Fsp3) is 0.778. The summed E-state index contributed by atoms with van der Waals surface area (Å²) in [6, 6.07) is 0. The number of unbranched alkanes of at least 4 members (excludes halogenated alkanes) is 2. The van der Waals surface area contributed by atoms with E-state index in [1.165, 1.54) is 0 Å². The first-order chi connectivity index (χ1) is 6.07. The summed E-state index contributed by atoms with van der Waals surface area (Å²) in [6.45, 7) is 1.99. The van der Waals surface area contributed by atoms with E-state index in [4.69, 9.17) is 0 Å². The molecule has 0 bridgehead atoms. The summed E-state index contributed by atoms with van der Waals surface area (Å²) >= 11 is 0. The van der Waals surface area contributed by atoms with E-state index in [0.29, 0.717) is 6.42 Å². The molecule has 0 aromatic carbocycles. The summed E-state index contributed by atoms with van der Waals surface area (Å²) in [7, 11) is 0. The Hall–Kier alpha value is 0.200. The third kappa shape index (κ3) is 8.78. The minimum atomic E-state index is -1.33. The molecule has 4 nitrogen and oxygen atoms in total. The van der Waals surface area contributed by atoms with Crippen molar-refractivity contribution in [3.63, 3.8) is 0 Å². The van der Waals surface area contributed by atoms with E-state index in [2.05, 4.69) is 0 Å². The van der Waals surface area contributed by atoms with Crippen molar-refractivity contribution in [2.75, 3.05) is 0 Å². The van der Waals surface area contributed by atoms with Gasteiger partial charge < -0.3 is 19.8 Å². The van der Waals surface area contributed by atoms with Gasteiger partial charge in [-0.3, -0.25) is 0 Å². The van der Waals surface area contributed by atoms with Gasteiger partial charge in [-0.25, -0.2) is 0 Å². The maximum Gasteiger partial charge on any atom is 2.00 e. The van der Waals surface area contributed by atoms with Gasteiger partial charge in [0.25, 0.3) is 0 Å². The van der Waals surface area contributed by atoms with Crippen molar-refractivity contribution in [1.82, 2.24) is 0 Å². The summed E-state index contributed by atoms with van der Waals surface area (Å²) < 4.78 is 0. The maximum atomic E-state index is 10.4. The van der Waals surface area contributed by atoms with Crippen LogP contribution in [0.5, 0.6) is 0 Å². The summed E-state index contributed by atoms with van der Waals surface area (Å²) in [4.78, 5) is 20.6. The van der Waals surface area contributed by atoms with Crippen LogP contribution in [0.25, 0.3) is 0 Å². The van der Waals surface area contributed by atoms with Crippen LogP contribution in [0, 0.1) is 5.92 Å². The second-order valence-corrected chi connectivity index (χ2v) is 3.09. The van der Waals surface area contributed by atoms with Gasteiger partial charge in [0.15, 0.2) is 0 Å². The number of aliphatic carboxylic acids is 2. The zero-order valence-electron chi connectivity index (χ0n) is 8.45. The first-order valence-corrected chi connectivity index (χ1v) is 4.48. The monoisotopic (exact) mass is 226 g/mol. The van der Waals surface area contributed by atoms with Crippen molar-refractivity contribution in [3.8, 4) is 0 Å². The van der Waals surface area contributed by atoms with Crippen molar-refractivity contribution in [3.05, 3.63) is 0 Å². The molecule has 0 fully saturated rings. The van der Waals surface area contributed by atoms with Crippen LogP contribution in [-0.4, -0.2) is 49.7 Å². The van der Waals surface area contributed by atoms with Crippen molar-refractivity contribution in [2.24, 2.45) is 5.92 Å². The molecule has 0 rings (SSSR count). The van der Waals surface area contributed by atoms with Crippen LogP contribution in [0.1, 0.15) is 39.0 Å². The van der Waals surface area contributed by atoms with Gasteiger partial charge in [0.1, 0.15) is 0 Å². The predicted molar refractivity (Wildman–Crippen MR) is 48.0 cm³/mol. The molecule has 0 spiro atoms.